The Morgan fingerprint density at radius 2 is 2.19 bits per heavy atom. The second kappa shape index (κ2) is 4.89. The number of ether oxygens (including phenoxy) is 2. The predicted octanol–water partition coefficient (Wildman–Crippen LogP) is 3.68. The lowest BCUT2D eigenvalue weighted by Gasteiger charge is -2.37. The molecule has 0 N–H and O–H groups in total. The molecular weight excluding hydrogens is 204 g/mol. The van der Waals surface area contributed by atoms with Crippen molar-refractivity contribution in [2.24, 2.45) is 5.92 Å². The van der Waals surface area contributed by atoms with Crippen LogP contribution >= 0.6 is 0 Å². The molecule has 1 rings (SSSR count). The molecule has 0 saturated heterocycles. The van der Waals surface area contributed by atoms with Gasteiger partial charge in [-0.3, -0.25) is 0 Å². The van der Waals surface area contributed by atoms with Crippen LogP contribution in [-0.4, -0.2) is 17.9 Å². The Morgan fingerprint density at radius 3 is 2.69 bits per heavy atom. The van der Waals surface area contributed by atoms with Gasteiger partial charge in [0.2, 0.25) is 0 Å². The molecule has 2 atom stereocenters. The summed E-state index contributed by atoms with van der Waals surface area (Å²) in [6.45, 7) is 9.83. The Balaban J connectivity index is 2.61. The Hall–Kier alpha value is -0.990. The molecule has 0 bridgehead atoms. The number of hydrogen-bond acceptors (Lipinski definition) is 3. The molecule has 3 heteroatoms. The zero-order valence-electron chi connectivity index (χ0n) is 10.9. The van der Waals surface area contributed by atoms with Crippen molar-refractivity contribution in [1.82, 2.24) is 0 Å². The Kier molecular flexibility index (Phi) is 4.00. The highest BCUT2D eigenvalue weighted by Crippen LogP contribution is 2.35. The van der Waals surface area contributed by atoms with Gasteiger partial charge in [-0.05, 0) is 40.0 Å². The quantitative estimate of drug-likeness (QED) is 0.532. The molecule has 0 heterocycles. The van der Waals surface area contributed by atoms with Gasteiger partial charge in [-0.1, -0.05) is 18.6 Å². The summed E-state index contributed by atoms with van der Waals surface area (Å²) in [5.74, 6) is 0.331. The van der Waals surface area contributed by atoms with E-state index < -0.39 is 11.8 Å². The van der Waals surface area contributed by atoms with E-state index in [-0.39, 0.29) is 6.10 Å². The zero-order chi connectivity index (χ0) is 12.3. The number of carbonyl (C=O) groups excluding carboxylic acids is 1. The summed E-state index contributed by atoms with van der Waals surface area (Å²) in [6.07, 6.45) is 3.20. The van der Waals surface area contributed by atoms with Crippen molar-refractivity contribution >= 4 is 6.16 Å². The molecule has 16 heavy (non-hydrogen) atoms. The van der Waals surface area contributed by atoms with E-state index in [9.17, 15) is 4.79 Å². The fraction of sp³-hybridized carbons (Fsp3) is 0.769. The van der Waals surface area contributed by atoms with Gasteiger partial charge in [-0.15, -0.1) is 0 Å². The smallest absolute Gasteiger partial charge is 0.432 e. The van der Waals surface area contributed by atoms with Gasteiger partial charge >= 0.3 is 6.16 Å². The van der Waals surface area contributed by atoms with Crippen molar-refractivity contribution in [1.29, 1.82) is 0 Å². The Morgan fingerprint density at radius 1 is 1.56 bits per heavy atom. The summed E-state index contributed by atoms with van der Waals surface area (Å²) in [4.78, 5) is 11.5. The first-order chi connectivity index (χ1) is 7.33. The highest BCUT2D eigenvalue weighted by Gasteiger charge is 2.37. The molecule has 0 radical (unpaired) electrons. The standard InChI is InChI=1S/C13H22O3/c1-9(2)15-12(14)16-13(5)7-6-10(3)8-11(13)4/h6,9,11H,7-8H2,1-5H3. The molecule has 0 aromatic heterocycles. The monoisotopic (exact) mass is 226 g/mol. The van der Waals surface area contributed by atoms with Gasteiger partial charge in [-0.2, -0.15) is 0 Å². The molecule has 2 unspecified atom stereocenters. The molecule has 92 valence electrons. The van der Waals surface area contributed by atoms with Crippen LogP contribution in [0.15, 0.2) is 11.6 Å². The summed E-state index contributed by atoms with van der Waals surface area (Å²) < 4.78 is 10.5. The molecule has 0 fully saturated rings. The Bertz CT molecular complexity index is 294. The average Bonchev–Trinajstić information content (AvgIpc) is 2.11. The van der Waals surface area contributed by atoms with Crippen LogP contribution in [0.2, 0.25) is 0 Å². The first kappa shape index (κ1) is 13.1. The van der Waals surface area contributed by atoms with Crippen molar-refractivity contribution in [2.75, 3.05) is 0 Å². The van der Waals surface area contributed by atoms with Crippen LogP contribution in [0.1, 0.15) is 47.5 Å². The number of rotatable bonds is 2. The maximum Gasteiger partial charge on any atom is 0.509 e. The van der Waals surface area contributed by atoms with Gasteiger partial charge in [0.1, 0.15) is 5.60 Å². The maximum atomic E-state index is 11.5. The maximum absolute atomic E-state index is 11.5. The normalized spacial score (nSPS) is 29.9. The summed E-state index contributed by atoms with van der Waals surface area (Å²) in [5.41, 5.74) is 0.941. The molecule has 0 aromatic rings. The van der Waals surface area contributed by atoms with E-state index in [1.165, 1.54) is 5.57 Å². The van der Waals surface area contributed by atoms with E-state index in [1.54, 1.807) is 0 Å². The molecule has 0 aliphatic heterocycles. The molecule has 0 saturated carbocycles. The van der Waals surface area contributed by atoms with E-state index >= 15 is 0 Å². The number of allylic oxidation sites excluding steroid dienone is 1. The van der Waals surface area contributed by atoms with Crippen molar-refractivity contribution in [3.63, 3.8) is 0 Å². The number of hydrogen-bond donors (Lipinski definition) is 0. The highest BCUT2D eigenvalue weighted by atomic mass is 16.7. The average molecular weight is 226 g/mol. The van der Waals surface area contributed by atoms with Crippen LogP contribution in [-0.2, 0) is 9.47 Å². The van der Waals surface area contributed by atoms with Gasteiger partial charge in [0.25, 0.3) is 0 Å². The van der Waals surface area contributed by atoms with Crippen molar-refractivity contribution in [2.45, 2.75) is 59.2 Å². The highest BCUT2D eigenvalue weighted by molar-refractivity contribution is 5.61. The van der Waals surface area contributed by atoms with Gasteiger partial charge in [-0.25, -0.2) is 4.79 Å². The first-order valence-electron chi connectivity index (χ1n) is 5.89. The SMILES string of the molecule is CC1=CCC(C)(OC(=O)OC(C)C)C(C)C1. The van der Waals surface area contributed by atoms with Gasteiger partial charge < -0.3 is 9.47 Å². The van der Waals surface area contributed by atoms with Crippen LogP contribution in [0, 0.1) is 5.92 Å². The Labute approximate surface area is 97.8 Å². The molecule has 1 aliphatic rings. The molecule has 0 spiro atoms. The van der Waals surface area contributed by atoms with Crippen LogP contribution in [0.4, 0.5) is 4.79 Å². The van der Waals surface area contributed by atoms with E-state index in [0.29, 0.717) is 5.92 Å². The molecule has 3 nitrogen and oxygen atoms in total. The molecule has 0 aromatic carbocycles. The second-order valence-corrected chi connectivity index (χ2v) is 5.19. The van der Waals surface area contributed by atoms with Gasteiger partial charge in [0.15, 0.2) is 0 Å². The van der Waals surface area contributed by atoms with Crippen LogP contribution in [0.25, 0.3) is 0 Å². The third-order valence-corrected chi connectivity index (χ3v) is 3.17. The number of carbonyl (C=O) groups is 1. The minimum absolute atomic E-state index is 0.132. The summed E-state index contributed by atoms with van der Waals surface area (Å²) in [7, 11) is 0. The minimum atomic E-state index is -0.558. The van der Waals surface area contributed by atoms with Crippen LogP contribution in [0.3, 0.4) is 0 Å². The van der Waals surface area contributed by atoms with Crippen LogP contribution in [0.5, 0.6) is 0 Å². The van der Waals surface area contributed by atoms with Crippen molar-refractivity contribution in [3.8, 4) is 0 Å². The fourth-order valence-corrected chi connectivity index (χ4v) is 1.91. The largest absolute Gasteiger partial charge is 0.509 e. The van der Waals surface area contributed by atoms with Gasteiger partial charge in [0.05, 0.1) is 6.10 Å². The van der Waals surface area contributed by atoms with E-state index in [0.717, 1.165) is 12.8 Å². The third kappa shape index (κ3) is 3.26. The topological polar surface area (TPSA) is 35.5 Å². The zero-order valence-corrected chi connectivity index (χ0v) is 10.9. The third-order valence-electron chi connectivity index (χ3n) is 3.17. The fourth-order valence-electron chi connectivity index (χ4n) is 1.91. The lowest BCUT2D eigenvalue weighted by Crippen LogP contribution is -2.40. The second-order valence-electron chi connectivity index (χ2n) is 5.19. The summed E-state index contributed by atoms with van der Waals surface area (Å²) in [5, 5.41) is 0. The van der Waals surface area contributed by atoms with Crippen molar-refractivity contribution in [3.05, 3.63) is 11.6 Å². The summed E-state index contributed by atoms with van der Waals surface area (Å²) >= 11 is 0. The van der Waals surface area contributed by atoms with Crippen molar-refractivity contribution < 1.29 is 14.3 Å². The molecular formula is C13H22O3. The predicted molar refractivity (Wildman–Crippen MR) is 63.3 cm³/mol. The van der Waals surface area contributed by atoms with Crippen LogP contribution < -0.4 is 0 Å². The lowest BCUT2D eigenvalue weighted by atomic mass is 9.78. The minimum Gasteiger partial charge on any atom is -0.432 e. The van der Waals surface area contributed by atoms with E-state index in [1.807, 2.05) is 20.8 Å². The van der Waals surface area contributed by atoms with Gasteiger partial charge in [0, 0.05) is 6.42 Å². The first-order valence-corrected chi connectivity index (χ1v) is 5.89. The van der Waals surface area contributed by atoms with E-state index in [2.05, 4.69) is 19.9 Å². The molecule has 0 amide bonds. The lowest BCUT2D eigenvalue weighted by molar-refractivity contribution is -0.0633. The van der Waals surface area contributed by atoms with E-state index in [4.69, 9.17) is 9.47 Å². The summed E-state index contributed by atoms with van der Waals surface area (Å²) in [6, 6.07) is 0. The molecule has 1 aliphatic carbocycles.